The molecule has 0 aliphatic carbocycles. The van der Waals surface area contributed by atoms with Crippen LogP contribution in [0.2, 0.25) is 0 Å². The van der Waals surface area contributed by atoms with E-state index in [1.807, 2.05) is 30.3 Å². The van der Waals surface area contributed by atoms with Crippen LogP contribution in [0.25, 0.3) is 0 Å². The van der Waals surface area contributed by atoms with Gasteiger partial charge in [-0.15, -0.1) is 0 Å². The molecular formula is C30H31F2N5O5. The van der Waals surface area contributed by atoms with Crippen LogP contribution in [-0.4, -0.2) is 86.3 Å². The van der Waals surface area contributed by atoms with E-state index in [0.29, 0.717) is 11.6 Å². The molecule has 2 heterocycles. The Bertz CT molecular complexity index is 1460. The molecule has 2 aliphatic rings. The lowest BCUT2D eigenvalue weighted by Crippen LogP contribution is -2.79. The number of piperazine rings is 1. The van der Waals surface area contributed by atoms with Crippen LogP contribution >= 0.6 is 0 Å². The summed E-state index contributed by atoms with van der Waals surface area (Å²) in [6.45, 7) is -0.997. The lowest BCUT2D eigenvalue weighted by molar-refractivity contribution is -0.200. The Morgan fingerprint density at radius 1 is 1.00 bits per heavy atom. The Kier molecular flexibility index (Phi) is 8.36. The van der Waals surface area contributed by atoms with Crippen LogP contribution in [0.5, 0.6) is 5.75 Å². The standard InChI is InChI=1S/C30H31F2N5O5/c1-34-17-27(40)36-25(13-19-7-11-23(39)12-8-19)29(41)35(16-21-9-10-22(31)14-24(21)32)26(18-38)28(36)37(34)30(42)33-15-20-5-3-2-4-6-20/h2-12,14,25-26,28,38-39H,13,15-18H2,1H3,(H,33,42)/t25-,26-,28-/m0/s1. The molecule has 0 aromatic heterocycles. The molecule has 42 heavy (non-hydrogen) atoms. The number of carbonyl (C=O) groups excluding carboxylic acids is 3. The van der Waals surface area contributed by atoms with Gasteiger partial charge in [0, 0.05) is 38.2 Å². The topological polar surface area (TPSA) is 117 Å². The smallest absolute Gasteiger partial charge is 0.334 e. The number of hydrazine groups is 1. The first kappa shape index (κ1) is 29.0. The van der Waals surface area contributed by atoms with Gasteiger partial charge in [0.05, 0.1) is 19.2 Å². The van der Waals surface area contributed by atoms with Crippen molar-refractivity contribution >= 4 is 17.8 Å². The first-order chi connectivity index (χ1) is 20.2. The van der Waals surface area contributed by atoms with Crippen molar-refractivity contribution in [3.05, 3.63) is 101 Å². The van der Waals surface area contributed by atoms with E-state index >= 15 is 0 Å². The molecule has 2 aliphatic heterocycles. The van der Waals surface area contributed by atoms with Crippen LogP contribution in [0.3, 0.4) is 0 Å². The van der Waals surface area contributed by atoms with E-state index in [9.17, 15) is 33.4 Å². The lowest BCUT2D eigenvalue weighted by atomic mass is 9.94. The highest BCUT2D eigenvalue weighted by Crippen LogP contribution is 2.33. The number of aliphatic hydroxyl groups excluding tert-OH is 1. The second-order valence-corrected chi connectivity index (χ2v) is 10.4. The Hall–Kier alpha value is -4.55. The average Bonchev–Trinajstić information content (AvgIpc) is 2.97. The highest BCUT2D eigenvalue weighted by atomic mass is 19.1. The van der Waals surface area contributed by atoms with E-state index in [1.165, 1.54) is 38.0 Å². The van der Waals surface area contributed by atoms with Crippen LogP contribution < -0.4 is 5.32 Å². The Labute approximate surface area is 241 Å². The fourth-order valence-corrected chi connectivity index (χ4v) is 5.55. The monoisotopic (exact) mass is 579 g/mol. The molecular weight excluding hydrogens is 548 g/mol. The van der Waals surface area contributed by atoms with Crippen molar-refractivity contribution in [2.45, 2.75) is 37.8 Å². The normalized spacial score (nSPS) is 21.0. The van der Waals surface area contributed by atoms with Gasteiger partial charge in [-0.3, -0.25) is 9.59 Å². The van der Waals surface area contributed by atoms with Crippen LogP contribution in [0.1, 0.15) is 16.7 Å². The van der Waals surface area contributed by atoms with Gasteiger partial charge in [0.15, 0.2) is 0 Å². The number of nitrogens with one attached hydrogen (secondary N) is 1. The summed E-state index contributed by atoms with van der Waals surface area (Å²) in [5.74, 6) is -2.62. The van der Waals surface area contributed by atoms with Gasteiger partial charge in [0.2, 0.25) is 11.8 Å². The molecule has 3 atom stereocenters. The molecule has 3 aromatic carbocycles. The van der Waals surface area contributed by atoms with E-state index in [4.69, 9.17) is 0 Å². The van der Waals surface area contributed by atoms with Gasteiger partial charge in [0.1, 0.15) is 29.6 Å². The minimum atomic E-state index is -1.14. The molecule has 0 bridgehead atoms. The molecule has 12 heteroatoms. The maximum atomic E-state index is 14.8. The van der Waals surface area contributed by atoms with Gasteiger partial charge in [-0.1, -0.05) is 48.5 Å². The zero-order chi connectivity index (χ0) is 30.0. The number of hydrogen-bond acceptors (Lipinski definition) is 6. The van der Waals surface area contributed by atoms with Crippen molar-refractivity contribution in [3.63, 3.8) is 0 Å². The van der Waals surface area contributed by atoms with Crippen molar-refractivity contribution in [1.29, 1.82) is 0 Å². The van der Waals surface area contributed by atoms with Crippen molar-refractivity contribution in [2.24, 2.45) is 0 Å². The lowest BCUT2D eigenvalue weighted by Gasteiger charge is -2.57. The Morgan fingerprint density at radius 3 is 2.38 bits per heavy atom. The van der Waals surface area contributed by atoms with E-state index < -0.39 is 54.3 Å². The number of likely N-dealkylation sites (N-methyl/N-ethyl adjacent to an activating group) is 1. The molecule has 0 saturated carbocycles. The molecule has 220 valence electrons. The third-order valence-corrected chi connectivity index (χ3v) is 7.61. The number of nitrogens with zero attached hydrogens (tertiary/aromatic N) is 4. The molecule has 0 spiro atoms. The van der Waals surface area contributed by atoms with Crippen molar-refractivity contribution < 1.29 is 33.4 Å². The van der Waals surface area contributed by atoms with Gasteiger partial charge in [-0.05, 0) is 29.3 Å². The molecule has 2 fully saturated rings. The number of carbonyl (C=O) groups is 3. The molecule has 4 amide bonds. The van der Waals surface area contributed by atoms with Crippen LogP contribution in [0, 0.1) is 11.6 Å². The number of phenols is 1. The van der Waals surface area contributed by atoms with E-state index in [2.05, 4.69) is 5.32 Å². The van der Waals surface area contributed by atoms with Crippen molar-refractivity contribution in [1.82, 2.24) is 25.1 Å². The summed E-state index contributed by atoms with van der Waals surface area (Å²) in [6, 6.07) is 15.5. The fraction of sp³-hybridized carbons (Fsp3) is 0.300. The van der Waals surface area contributed by atoms with Crippen LogP contribution in [0.4, 0.5) is 13.6 Å². The first-order valence-electron chi connectivity index (χ1n) is 13.4. The number of fused-ring (bicyclic) bond motifs is 1. The predicted octanol–water partition coefficient (Wildman–Crippen LogP) is 2.21. The summed E-state index contributed by atoms with van der Waals surface area (Å²) in [6.07, 6.45) is -1.11. The highest BCUT2D eigenvalue weighted by molar-refractivity contribution is 5.92. The summed E-state index contributed by atoms with van der Waals surface area (Å²) in [5, 5.41) is 25.9. The summed E-state index contributed by atoms with van der Waals surface area (Å²) < 4.78 is 28.4. The molecule has 3 N–H and O–H groups in total. The summed E-state index contributed by atoms with van der Waals surface area (Å²) in [4.78, 5) is 43.8. The number of halogens is 2. The average molecular weight is 580 g/mol. The van der Waals surface area contributed by atoms with Gasteiger partial charge in [-0.2, -0.15) is 0 Å². The molecule has 0 unspecified atom stereocenters. The van der Waals surface area contributed by atoms with Crippen molar-refractivity contribution in [2.75, 3.05) is 20.2 Å². The van der Waals surface area contributed by atoms with Crippen molar-refractivity contribution in [3.8, 4) is 5.75 Å². The maximum Gasteiger partial charge on any atom is 0.334 e. The number of urea groups is 1. The summed E-state index contributed by atoms with van der Waals surface area (Å²) >= 11 is 0. The van der Waals surface area contributed by atoms with E-state index in [-0.39, 0.29) is 37.4 Å². The predicted molar refractivity (Wildman–Crippen MR) is 147 cm³/mol. The van der Waals surface area contributed by atoms with Gasteiger partial charge >= 0.3 is 6.03 Å². The third kappa shape index (κ3) is 5.76. The number of hydrogen-bond donors (Lipinski definition) is 3. The zero-order valence-corrected chi connectivity index (χ0v) is 22.9. The Morgan fingerprint density at radius 2 is 1.71 bits per heavy atom. The first-order valence-corrected chi connectivity index (χ1v) is 13.4. The SMILES string of the molecule is CN1CC(=O)N2[C@@H](Cc3ccc(O)cc3)C(=O)N(Cc3ccc(F)cc3F)[C@@H](CO)[C@@H]2N1C(=O)NCc1ccccc1. The number of aliphatic hydroxyl groups is 1. The maximum absolute atomic E-state index is 14.8. The fourth-order valence-electron chi connectivity index (χ4n) is 5.55. The minimum Gasteiger partial charge on any atom is -0.508 e. The molecule has 10 nitrogen and oxygen atoms in total. The number of amides is 4. The summed E-state index contributed by atoms with van der Waals surface area (Å²) in [5.41, 5.74) is 1.48. The van der Waals surface area contributed by atoms with Crippen LogP contribution in [-0.2, 0) is 29.1 Å². The number of aromatic hydroxyl groups is 1. The zero-order valence-electron chi connectivity index (χ0n) is 22.9. The minimum absolute atomic E-state index is 0.00982. The van der Waals surface area contributed by atoms with Gasteiger partial charge < -0.3 is 25.3 Å². The number of phenolic OH excluding ortho intramolecular Hbond substituents is 1. The second-order valence-electron chi connectivity index (χ2n) is 10.4. The quantitative estimate of drug-likeness (QED) is 0.396. The Balaban J connectivity index is 1.54. The second kappa shape index (κ2) is 12.1. The highest BCUT2D eigenvalue weighted by Gasteiger charge is 2.55. The van der Waals surface area contributed by atoms with Gasteiger partial charge in [-0.25, -0.2) is 23.6 Å². The van der Waals surface area contributed by atoms with Crippen LogP contribution in [0.15, 0.2) is 72.8 Å². The third-order valence-electron chi connectivity index (χ3n) is 7.61. The number of benzene rings is 3. The largest absolute Gasteiger partial charge is 0.508 e. The molecule has 5 rings (SSSR count). The molecule has 3 aromatic rings. The van der Waals surface area contributed by atoms with E-state index in [0.717, 1.165) is 11.6 Å². The molecule has 0 radical (unpaired) electrons. The van der Waals surface area contributed by atoms with Gasteiger partial charge in [0.25, 0.3) is 0 Å². The number of rotatable bonds is 7. The molecule has 2 saturated heterocycles. The summed E-state index contributed by atoms with van der Waals surface area (Å²) in [7, 11) is 1.56. The van der Waals surface area contributed by atoms with E-state index in [1.54, 1.807) is 19.2 Å².